The molecule has 1 aliphatic rings. The van der Waals surface area contributed by atoms with E-state index in [2.05, 4.69) is 9.73 Å². The van der Waals surface area contributed by atoms with Crippen molar-refractivity contribution in [3.8, 4) is 11.5 Å². The first-order chi connectivity index (χ1) is 11.0. The highest BCUT2D eigenvalue weighted by Crippen LogP contribution is 2.42. The molecule has 0 bridgehead atoms. The Kier molecular flexibility index (Phi) is 5.62. The van der Waals surface area contributed by atoms with Crippen molar-refractivity contribution < 1.29 is 23.7 Å². The standard InChI is InChI=1S/C15H18N2O5S/c1-19-10-6-8(5-9-11(20-2)7-22-13(9)10)12(16)14(23-4)17-15(18)21-3/h5-6,11,16H,7H2,1-4H3. The highest BCUT2D eigenvalue weighted by molar-refractivity contribution is 8.15. The molecule has 1 unspecified atom stereocenters. The normalized spacial score (nSPS) is 16.5. The molecule has 0 aliphatic carbocycles. The lowest BCUT2D eigenvalue weighted by Crippen LogP contribution is -2.14. The molecule has 0 saturated carbocycles. The summed E-state index contributed by atoms with van der Waals surface area (Å²) in [7, 11) is 4.37. The highest BCUT2D eigenvalue weighted by Gasteiger charge is 2.29. The van der Waals surface area contributed by atoms with E-state index >= 15 is 0 Å². The lowest BCUT2D eigenvalue weighted by Gasteiger charge is -2.12. The van der Waals surface area contributed by atoms with E-state index in [1.807, 2.05) is 0 Å². The zero-order valence-electron chi connectivity index (χ0n) is 13.3. The number of thioether (sulfide) groups is 1. The van der Waals surface area contributed by atoms with E-state index in [9.17, 15) is 4.79 Å². The van der Waals surface area contributed by atoms with Crippen molar-refractivity contribution in [2.24, 2.45) is 4.99 Å². The molecule has 0 saturated heterocycles. The van der Waals surface area contributed by atoms with E-state index in [-0.39, 0.29) is 16.9 Å². The number of nitrogens with one attached hydrogen (secondary N) is 1. The van der Waals surface area contributed by atoms with Crippen molar-refractivity contribution >= 4 is 28.6 Å². The van der Waals surface area contributed by atoms with Crippen LogP contribution in [-0.2, 0) is 9.47 Å². The summed E-state index contributed by atoms with van der Waals surface area (Å²) in [5, 5.41) is 8.57. The predicted molar refractivity (Wildman–Crippen MR) is 88.4 cm³/mol. The summed E-state index contributed by atoms with van der Waals surface area (Å²) in [5.74, 6) is 1.13. The Hall–Kier alpha value is -2.06. The van der Waals surface area contributed by atoms with E-state index in [4.69, 9.17) is 19.6 Å². The molecule has 2 rings (SSSR count). The van der Waals surface area contributed by atoms with Crippen molar-refractivity contribution in [1.29, 1.82) is 5.41 Å². The number of amides is 1. The first-order valence-corrected chi connectivity index (χ1v) is 7.95. The Balaban J connectivity index is 2.45. The van der Waals surface area contributed by atoms with Gasteiger partial charge in [-0.05, 0) is 18.4 Å². The van der Waals surface area contributed by atoms with Gasteiger partial charge in [0.15, 0.2) is 11.5 Å². The number of carbonyl (C=O) groups is 1. The summed E-state index contributed by atoms with van der Waals surface area (Å²) >= 11 is 1.19. The second-order valence-electron chi connectivity index (χ2n) is 4.60. The minimum absolute atomic E-state index is 0.103. The van der Waals surface area contributed by atoms with Crippen LogP contribution in [0.2, 0.25) is 0 Å². The van der Waals surface area contributed by atoms with Gasteiger partial charge in [-0.1, -0.05) is 0 Å². The minimum Gasteiger partial charge on any atom is -0.493 e. The zero-order chi connectivity index (χ0) is 17.0. The lowest BCUT2D eigenvalue weighted by atomic mass is 10.0. The molecule has 1 aromatic carbocycles. The third-order valence-electron chi connectivity index (χ3n) is 3.38. The van der Waals surface area contributed by atoms with Crippen LogP contribution in [0.5, 0.6) is 11.5 Å². The summed E-state index contributed by atoms with van der Waals surface area (Å²) in [4.78, 5) is 15.1. The number of aliphatic imine (C=N–C) groups is 1. The van der Waals surface area contributed by atoms with Gasteiger partial charge in [-0.3, -0.25) is 5.41 Å². The molecule has 1 aliphatic heterocycles. The van der Waals surface area contributed by atoms with Gasteiger partial charge in [0, 0.05) is 18.2 Å². The summed E-state index contributed by atoms with van der Waals surface area (Å²) in [6, 6.07) is 3.48. The van der Waals surface area contributed by atoms with Crippen LogP contribution in [0.4, 0.5) is 4.79 Å². The fourth-order valence-electron chi connectivity index (χ4n) is 2.21. The molecule has 0 radical (unpaired) electrons. The van der Waals surface area contributed by atoms with Crippen LogP contribution < -0.4 is 9.47 Å². The molecule has 0 aromatic heterocycles. The van der Waals surface area contributed by atoms with Gasteiger partial charge < -0.3 is 18.9 Å². The van der Waals surface area contributed by atoms with E-state index in [1.165, 1.54) is 26.0 Å². The second kappa shape index (κ2) is 7.47. The maximum atomic E-state index is 11.3. The van der Waals surface area contributed by atoms with E-state index in [1.54, 1.807) is 25.5 Å². The summed E-state index contributed by atoms with van der Waals surface area (Å²) in [5.41, 5.74) is 1.47. The van der Waals surface area contributed by atoms with Gasteiger partial charge in [0.2, 0.25) is 0 Å². The van der Waals surface area contributed by atoms with E-state index in [0.29, 0.717) is 23.7 Å². The average Bonchev–Trinajstić information content (AvgIpc) is 3.00. The second-order valence-corrected chi connectivity index (χ2v) is 5.39. The molecular formula is C15H18N2O5S. The molecule has 1 heterocycles. The number of hydrogen-bond donors (Lipinski definition) is 1. The van der Waals surface area contributed by atoms with Gasteiger partial charge in [0.05, 0.1) is 19.9 Å². The molecule has 0 spiro atoms. The van der Waals surface area contributed by atoms with Gasteiger partial charge >= 0.3 is 6.09 Å². The van der Waals surface area contributed by atoms with Gasteiger partial charge in [-0.15, -0.1) is 11.8 Å². The molecule has 23 heavy (non-hydrogen) atoms. The number of fused-ring (bicyclic) bond motifs is 1. The number of nitrogens with zero attached hydrogens (tertiary/aromatic N) is 1. The topological polar surface area (TPSA) is 90.2 Å². The average molecular weight is 338 g/mol. The number of carbonyl (C=O) groups excluding carboxylic acids is 1. The Morgan fingerprint density at radius 3 is 2.70 bits per heavy atom. The highest BCUT2D eigenvalue weighted by atomic mass is 32.2. The number of methoxy groups -OCH3 is 3. The Morgan fingerprint density at radius 2 is 2.13 bits per heavy atom. The maximum Gasteiger partial charge on any atom is 0.434 e. The van der Waals surface area contributed by atoms with Crippen LogP contribution in [0.15, 0.2) is 17.1 Å². The fourth-order valence-corrected chi connectivity index (χ4v) is 2.70. The number of benzene rings is 1. The summed E-state index contributed by atoms with van der Waals surface area (Å²) in [6.45, 7) is 0.393. The zero-order valence-corrected chi connectivity index (χ0v) is 14.2. The third-order valence-corrected chi connectivity index (χ3v) is 4.06. The van der Waals surface area contributed by atoms with Gasteiger partial charge in [0.1, 0.15) is 17.8 Å². The first kappa shape index (κ1) is 17.3. The molecule has 1 atom stereocenters. The number of ether oxygens (including phenoxy) is 4. The van der Waals surface area contributed by atoms with Crippen molar-refractivity contribution in [1.82, 2.24) is 0 Å². The fraction of sp³-hybridized carbons (Fsp3) is 0.400. The van der Waals surface area contributed by atoms with Gasteiger partial charge in [-0.25, -0.2) is 4.79 Å². The quantitative estimate of drug-likeness (QED) is 0.670. The lowest BCUT2D eigenvalue weighted by molar-refractivity contribution is 0.0814. The van der Waals surface area contributed by atoms with E-state index in [0.717, 1.165) is 5.56 Å². The van der Waals surface area contributed by atoms with Crippen molar-refractivity contribution in [3.63, 3.8) is 0 Å². The molecule has 0 fully saturated rings. The maximum absolute atomic E-state index is 11.3. The summed E-state index contributed by atoms with van der Waals surface area (Å²) in [6.07, 6.45) is 0.773. The smallest absolute Gasteiger partial charge is 0.434 e. The van der Waals surface area contributed by atoms with Gasteiger partial charge in [0.25, 0.3) is 0 Å². The monoisotopic (exact) mass is 338 g/mol. The molecule has 1 aromatic rings. The molecule has 1 amide bonds. The first-order valence-electron chi connectivity index (χ1n) is 6.73. The molecule has 1 N–H and O–H groups in total. The van der Waals surface area contributed by atoms with Crippen molar-refractivity contribution in [2.45, 2.75) is 6.10 Å². The van der Waals surface area contributed by atoms with Crippen LogP contribution in [0.1, 0.15) is 17.2 Å². The Morgan fingerprint density at radius 1 is 1.39 bits per heavy atom. The molecule has 124 valence electrons. The largest absolute Gasteiger partial charge is 0.493 e. The van der Waals surface area contributed by atoms with Crippen LogP contribution in [0.3, 0.4) is 0 Å². The minimum atomic E-state index is -0.745. The van der Waals surface area contributed by atoms with E-state index < -0.39 is 6.09 Å². The van der Waals surface area contributed by atoms with Crippen LogP contribution in [-0.4, -0.2) is 51.0 Å². The van der Waals surface area contributed by atoms with Crippen LogP contribution in [0, 0.1) is 5.41 Å². The van der Waals surface area contributed by atoms with Crippen molar-refractivity contribution in [2.75, 3.05) is 34.2 Å². The Bertz CT molecular complexity index is 660. The van der Waals surface area contributed by atoms with Crippen LogP contribution in [0.25, 0.3) is 0 Å². The number of rotatable bonds is 4. The number of hydrogen-bond acceptors (Lipinski definition) is 7. The SMILES string of the molecule is COC(=O)N=C(SC)C(=N)c1cc(OC)c2c(c1)C(OC)CO2. The molecule has 7 nitrogen and oxygen atoms in total. The molecule has 8 heteroatoms. The summed E-state index contributed by atoms with van der Waals surface area (Å²) < 4.78 is 20.8. The Labute approximate surface area is 138 Å². The van der Waals surface area contributed by atoms with Crippen molar-refractivity contribution in [3.05, 3.63) is 23.3 Å². The molecular weight excluding hydrogens is 320 g/mol. The predicted octanol–water partition coefficient (Wildman–Crippen LogP) is 2.67. The third kappa shape index (κ3) is 3.48. The van der Waals surface area contributed by atoms with Gasteiger partial charge in [-0.2, -0.15) is 4.99 Å². The van der Waals surface area contributed by atoms with Crippen LogP contribution >= 0.6 is 11.8 Å².